The van der Waals surface area contributed by atoms with E-state index in [1.807, 2.05) is 0 Å². The van der Waals surface area contributed by atoms with E-state index in [0.717, 1.165) is 17.2 Å². The lowest BCUT2D eigenvalue weighted by molar-refractivity contribution is -0.131. The van der Waals surface area contributed by atoms with Gasteiger partial charge in [0.05, 0.1) is 11.9 Å². The van der Waals surface area contributed by atoms with Gasteiger partial charge in [0.2, 0.25) is 0 Å². The molecule has 0 aliphatic heterocycles. The van der Waals surface area contributed by atoms with Crippen molar-refractivity contribution in [2.24, 2.45) is 7.05 Å². The van der Waals surface area contributed by atoms with Gasteiger partial charge in [-0.3, -0.25) is 4.68 Å². The van der Waals surface area contributed by atoms with Gasteiger partial charge in [-0.2, -0.15) is 5.10 Å². The zero-order valence-electron chi connectivity index (χ0n) is 9.67. The van der Waals surface area contributed by atoms with E-state index >= 15 is 0 Å². The van der Waals surface area contributed by atoms with E-state index in [4.69, 9.17) is 5.11 Å². The lowest BCUT2D eigenvalue weighted by Gasteiger charge is -2.01. The molecule has 0 saturated heterocycles. The normalized spacial score (nSPS) is 11.0. The fourth-order valence-electron chi connectivity index (χ4n) is 1.65. The molecular formula is C13H11FN2O2. The number of carbonyl (C=O) groups is 1. The van der Waals surface area contributed by atoms with Crippen molar-refractivity contribution in [3.63, 3.8) is 0 Å². The molecule has 0 atom stereocenters. The molecule has 0 unspecified atom stereocenters. The van der Waals surface area contributed by atoms with E-state index in [1.165, 1.54) is 18.2 Å². The zero-order valence-corrected chi connectivity index (χ0v) is 9.67. The Labute approximate surface area is 103 Å². The lowest BCUT2D eigenvalue weighted by atomic mass is 10.1. The average molecular weight is 246 g/mol. The first-order valence-electron chi connectivity index (χ1n) is 5.27. The number of carboxylic acids is 1. The van der Waals surface area contributed by atoms with Gasteiger partial charge in [-0.15, -0.1) is 0 Å². The smallest absolute Gasteiger partial charge is 0.328 e. The first-order chi connectivity index (χ1) is 8.58. The zero-order chi connectivity index (χ0) is 13.1. The first-order valence-corrected chi connectivity index (χ1v) is 5.27. The second kappa shape index (κ2) is 4.83. The Kier molecular flexibility index (Phi) is 3.23. The Hall–Kier alpha value is -2.43. The van der Waals surface area contributed by atoms with Crippen LogP contribution in [0.2, 0.25) is 0 Å². The summed E-state index contributed by atoms with van der Waals surface area (Å²) in [5.41, 5.74) is 2.20. The number of hydrogen-bond acceptors (Lipinski definition) is 2. The van der Waals surface area contributed by atoms with Gasteiger partial charge in [0.15, 0.2) is 0 Å². The van der Waals surface area contributed by atoms with Gasteiger partial charge in [-0.1, -0.05) is 12.1 Å². The molecule has 1 aromatic heterocycles. The summed E-state index contributed by atoms with van der Waals surface area (Å²) in [6.07, 6.45) is 4.13. The van der Waals surface area contributed by atoms with E-state index in [1.54, 1.807) is 30.1 Å². The topological polar surface area (TPSA) is 55.1 Å². The van der Waals surface area contributed by atoms with Gasteiger partial charge < -0.3 is 5.11 Å². The van der Waals surface area contributed by atoms with E-state index in [-0.39, 0.29) is 5.82 Å². The first kappa shape index (κ1) is 12.0. The molecule has 18 heavy (non-hydrogen) atoms. The standard InChI is InChI=1S/C13H11FN2O2/c1-16-12(6-7-13(17)18)11(8-15-16)9-2-4-10(14)5-3-9/h2-8H,1H3,(H,17,18)/b7-6+. The van der Waals surface area contributed by atoms with Crippen LogP contribution in [0.25, 0.3) is 17.2 Å². The second-order valence-corrected chi connectivity index (χ2v) is 3.75. The summed E-state index contributed by atoms with van der Waals surface area (Å²) in [6.45, 7) is 0. The van der Waals surface area contributed by atoms with Gasteiger partial charge >= 0.3 is 5.97 Å². The Bertz CT molecular complexity index is 600. The molecule has 2 aromatic rings. The number of aromatic nitrogens is 2. The van der Waals surface area contributed by atoms with Crippen LogP contribution >= 0.6 is 0 Å². The monoisotopic (exact) mass is 246 g/mol. The number of rotatable bonds is 3. The minimum Gasteiger partial charge on any atom is -0.478 e. The van der Waals surface area contributed by atoms with Crippen LogP contribution < -0.4 is 0 Å². The largest absolute Gasteiger partial charge is 0.478 e. The molecule has 0 aliphatic rings. The quantitative estimate of drug-likeness (QED) is 0.845. The Morgan fingerprint density at radius 3 is 2.67 bits per heavy atom. The molecule has 92 valence electrons. The summed E-state index contributed by atoms with van der Waals surface area (Å²) in [5.74, 6) is -1.34. The van der Waals surface area contributed by atoms with Gasteiger partial charge in [0, 0.05) is 18.7 Å². The minimum absolute atomic E-state index is 0.315. The molecule has 0 aliphatic carbocycles. The summed E-state index contributed by atoms with van der Waals surface area (Å²) < 4.78 is 14.4. The molecule has 0 amide bonds. The van der Waals surface area contributed by atoms with Crippen LogP contribution in [0.3, 0.4) is 0 Å². The van der Waals surface area contributed by atoms with E-state index in [0.29, 0.717) is 5.69 Å². The van der Waals surface area contributed by atoms with Crippen molar-refractivity contribution < 1.29 is 14.3 Å². The predicted octanol–water partition coefficient (Wildman–Crippen LogP) is 2.32. The maximum atomic E-state index is 12.8. The molecule has 1 N–H and O–H groups in total. The van der Waals surface area contributed by atoms with Crippen molar-refractivity contribution in [1.82, 2.24) is 9.78 Å². The number of halogens is 1. The number of aliphatic carboxylic acids is 1. The number of aryl methyl sites for hydroxylation is 1. The Morgan fingerprint density at radius 1 is 1.39 bits per heavy atom. The average Bonchev–Trinajstić information content (AvgIpc) is 2.69. The fourth-order valence-corrected chi connectivity index (χ4v) is 1.65. The maximum Gasteiger partial charge on any atom is 0.328 e. The van der Waals surface area contributed by atoms with Crippen molar-refractivity contribution in [2.75, 3.05) is 0 Å². The van der Waals surface area contributed by atoms with Gasteiger partial charge in [0.1, 0.15) is 5.82 Å². The third kappa shape index (κ3) is 2.45. The maximum absolute atomic E-state index is 12.8. The van der Waals surface area contributed by atoms with Crippen molar-refractivity contribution in [1.29, 1.82) is 0 Å². The molecule has 0 bridgehead atoms. The number of nitrogens with zero attached hydrogens (tertiary/aromatic N) is 2. The predicted molar refractivity (Wildman–Crippen MR) is 65.3 cm³/mol. The molecule has 0 saturated carbocycles. The third-order valence-corrected chi connectivity index (χ3v) is 2.52. The van der Waals surface area contributed by atoms with Crippen molar-refractivity contribution in [3.8, 4) is 11.1 Å². The summed E-state index contributed by atoms with van der Waals surface area (Å²) >= 11 is 0. The van der Waals surface area contributed by atoms with Crippen LogP contribution in [-0.4, -0.2) is 20.9 Å². The SMILES string of the molecule is Cn1ncc(-c2ccc(F)cc2)c1/C=C/C(=O)O. The van der Waals surface area contributed by atoms with Crippen molar-refractivity contribution >= 4 is 12.0 Å². The minimum atomic E-state index is -1.03. The molecule has 0 spiro atoms. The molecular weight excluding hydrogens is 235 g/mol. The Morgan fingerprint density at radius 2 is 2.06 bits per heavy atom. The Balaban J connectivity index is 2.45. The number of benzene rings is 1. The van der Waals surface area contributed by atoms with Crippen LogP contribution in [0.15, 0.2) is 36.5 Å². The summed E-state index contributed by atoms with van der Waals surface area (Å²) in [6, 6.07) is 5.97. The highest BCUT2D eigenvalue weighted by Crippen LogP contribution is 2.24. The van der Waals surface area contributed by atoms with Crippen LogP contribution in [0.4, 0.5) is 4.39 Å². The third-order valence-electron chi connectivity index (χ3n) is 2.52. The highest BCUT2D eigenvalue weighted by molar-refractivity contribution is 5.87. The van der Waals surface area contributed by atoms with Gasteiger partial charge in [0.25, 0.3) is 0 Å². The van der Waals surface area contributed by atoms with Gasteiger partial charge in [-0.25, -0.2) is 9.18 Å². The molecule has 4 nitrogen and oxygen atoms in total. The molecule has 2 rings (SSSR count). The van der Waals surface area contributed by atoms with Crippen molar-refractivity contribution in [3.05, 3.63) is 48.0 Å². The number of carboxylic acid groups (broad SMARTS) is 1. The lowest BCUT2D eigenvalue weighted by Crippen LogP contribution is -1.95. The van der Waals surface area contributed by atoms with Crippen LogP contribution in [-0.2, 0) is 11.8 Å². The van der Waals surface area contributed by atoms with Crippen LogP contribution in [0.5, 0.6) is 0 Å². The summed E-state index contributed by atoms with van der Waals surface area (Å²) in [5, 5.41) is 12.7. The molecule has 0 radical (unpaired) electrons. The summed E-state index contributed by atoms with van der Waals surface area (Å²) in [4.78, 5) is 10.5. The summed E-state index contributed by atoms with van der Waals surface area (Å²) in [7, 11) is 1.72. The highest BCUT2D eigenvalue weighted by atomic mass is 19.1. The number of hydrogen-bond donors (Lipinski definition) is 1. The fraction of sp³-hybridized carbons (Fsp3) is 0.0769. The van der Waals surface area contributed by atoms with Crippen LogP contribution in [0.1, 0.15) is 5.69 Å². The molecule has 5 heteroatoms. The molecule has 1 heterocycles. The molecule has 1 aromatic carbocycles. The molecule has 0 fully saturated rings. The van der Waals surface area contributed by atoms with E-state index < -0.39 is 5.97 Å². The highest BCUT2D eigenvalue weighted by Gasteiger charge is 2.08. The van der Waals surface area contributed by atoms with Gasteiger partial charge in [-0.05, 0) is 23.8 Å². The van der Waals surface area contributed by atoms with Crippen LogP contribution in [0, 0.1) is 5.82 Å². The van der Waals surface area contributed by atoms with Crippen molar-refractivity contribution in [2.45, 2.75) is 0 Å². The second-order valence-electron chi connectivity index (χ2n) is 3.75. The van der Waals surface area contributed by atoms with E-state index in [9.17, 15) is 9.18 Å². The van der Waals surface area contributed by atoms with E-state index in [2.05, 4.69) is 5.10 Å².